The molecule has 1 aliphatic rings. The van der Waals surface area contributed by atoms with Crippen LogP contribution in [0.25, 0.3) is 0 Å². The minimum Gasteiger partial charge on any atom is -0.484 e. The van der Waals surface area contributed by atoms with E-state index in [1.807, 2.05) is 6.08 Å². The van der Waals surface area contributed by atoms with Crippen LogP contribution < -0.4 is 0 Å². The second-order valence-corrected chi connectivity index (χ2v) is 1.65. The summed E-state index contributed by atoms with van der Waals surface area (Å²) in [6, 6.07) is 0. The van der Waals surface area contributed by atoms with Gasteiger partial charge >= 0.3 is 0 Å². The van der Waals surface area contributed by atoms with E-state index in [9.17, 15) is 0 Å². The third kappa shape index (κ3) is 1.09. The summed E-state index contributed by atoms with van der Waals surface area (Å²) in [6.07, 6.45) is 5.82. The van der Waals surface area contributed by atoms with Gasteiger partial charge in [0.2, 0.25) is 0 Å². The van der Waals surface area contributed by atoms with Gasteiger partial charge in [-0.25, -0.2) is 4.99 Å². The maximum absolute atomic E-state index is 4.89. The monoisotopic (exact) mass is 111 g/mol. The smallest absolute Gasteiger partial charge is 0.187 e. The van der Waals surface area contributed by atoms with Crippen molar-refractivity contribution in [2.45, 2.75) is 12.8 Å². The van der Waals surface area contributed by atoms with Crippen molar-refractivity contribution in [2.24, 2.45) is 4.99 Å². The lowest BCUT2D eigenvalue weighted by molar-refractivity contribution is 0.389. The molecule has 0 aromatic rings. The molecule has 0 spiro atoms. The minimum absolute atomic E-state index is 0.840. The summed E-state index contributed by atoms with van der Waals surface area (Å²) in [5, 5.41) is 0. The van der Waals surface area contributed by atoms with Gasteiger partial charge in [0, 0.05) is 12.6 Å². The first kappa shape index (κ1) is 5.35. The summed E-state index contributed by atoms with van der Waals surface area (Å²) in [7, 11) is 1.65. The van der Waals surface area contributed by atoms with Gasteiger partial charge in [0.05, 0.1) is 7.11 Å². The summed E-state index contributed by atoms with van der Waals surface area (Å²) in [5.74, 6) is 0.840. The minimum atomic E-state index is 0.840. The van der Waals surface area contributed by atoms with Crippen molar-refractivity contribution in [3.63, 3.8) is 0 Å². The number of ether oxygens (including phenoxy) is 1. The summed E-state index contributed by atoms with van der Waals surface area (Å²) >= 11 is 0. The Balaban J connectivity index is 2.50. The van der Waals surface area contributed by atoms with Crippen molar-refractivity contribution in [1.82, 2.24) is 0 Å². The number of allylic oxidation sites excluding steroid dienone is 1. The zero-order valence-corrected chi connectivity index (χ0v) is 4.92. The fourth-order valence-electron chi connectivity index (χ4n) is 0.636. The number of methoxy groups -OCH3 is 1. The first-order chi connectivity index (χ1) is 3.93. The van der Waals surface area contributed by atoms with Crippen LogP contribution in [-0.2, 0) is 4.74 Å². The number of aliphatic imine (C=N–C) groups is 1. The van der Waals surface area contributed by atoms with Crippen LogP contribution in [0.5, 0.6) is 0 Å². The van der Waals surface area contributed by atoms with Crippen molar-refractivity contribution >= 4 is 5.90 Å². The van der Waals surface area contributed by atoms with E-state index in [4.69, 9.17) is 4.74 Å². The Morgan fingerprint density at radius 3 is 3.00 bits per heavy atom. The Kier molecular flexibility index (Phi) is 1.67. The standard InChI is InChI=1S/C6H9NO/c1-8-6-4-2-3-5-7-6/h3,5H,2,4H2,1H3. The van der Waals surface area contributed by atoms with E-state index >= 15 is 0 Å². The highest BCUT2D eigenvalue weighted by molar-refractivity contribution is 5.77. The Hall–Kier alpha value is -0.790. The van der Waals surface area contributed by atoms with Gasteiger partial charge in [-0.1, -0.05) is 6.08 Å². The fraction of sp³-hybridized carbons (Fsp3) is 0.500. The summed E-state index contributed by atoms with van der Waals surface area (Å²) in [4.78, 5) is 3.96. The lowest BCUT2D eigenvalue weighted by Crippen LogP contribution is -2.01. The van der Waals surface area contributed by atoms with Crippen molar-refractivity contribution in [2.75, 3.05) is 7.11 Å². The number of nitrogens with zero attached hydrogens (tertiary/aromatic N) is 1. The normalized spacial score (nSPS) is 17.9. The molecule has 0 saturated carbocycles. The highest BCUT2D eigenvalue weighted by atomic mass is 16.5. The molecule has 0 amide bonds. The molecule has 1 heterocycles. The van der Waals surface area contributed by atoms with E-state index in [1.54, 1.807) is 13.3 Å². The molecule has 0 aromatic heterocycles. The predicted octanol–water partition coefficient (Wildman–Crippen LogP) is 1.34. The van der Waals surface area contributed by atoms with Crippen molar-refractivity contribution in [3.8, 4) is 0 Å². The first-order valence-corrected chi connectivity index (χ1v) is 2.69. The van der Waals surface area contributed by atoms with Crippen LogP contribution in [-0.4, -0.2) is 13.0 Å². The second-order valence-electron chi connectivity index (χ2n) is 1.65. The summed E-state index contributed by atoms with van der Waals surface area (Å²) in [6.45, 7) is 0. The van der Waals surface area contributed by atoms with Crippen molar-refractivity contribution in [1.29, 1.82) is 0 Å². The SMILES string of the molecule is COC1=NC=CCC1. The second kappa shape index (κ2) is 2.50. The van der Waals surface area contributed by atoms with Gasteiger partial charge in [-0.05, 0) is 6.42 Å². The van der Waals surface area contributed by atoms with Gasteiger partial charge < -0.3 is 4.74 Å². The Bertz CT molecular complexity index is 126. The van der Waals surface area contributed by atoms with Gasteiger partial charge in [0.25, 0.3) is 0 Å². The molecular weight excluding hydrogens is 102 g/mol. The van der Waals surface area contributed by atoms with Crippen LogP contribution in [0.3, 0.4) is 0 Å². The molecule has 0 saturated heterocycles. The average molecular weight is 111 g/mol. The number of hydrogen-bond acceptors (Lipinski definition) is 2. The predicted molar refractivity (Wildman–Crippen MR) is 32.8 cm³/mol. The van der Waals surface area contributed by atoms with E-state index in [-0.39, 0.29) is 0 Å². The molecule has 1 rings (SSSR count). The van der Waals surface area contributed by atoms with Crippen LogP contribution in [0.4, 0.5) is 0 Å². The Morgan fingerprint density at radius 1 is 1.75 bits per heavy atom. The molecule has 2 heteroatoms. The van der Waals surface area contributed by atoms with E-state index in [1.165, 1.54) is 0 Å². The number of hydrogen-bond donors (Lipinski definition) is 0. The quantitative estimate of drug-likeness (QED) is 0.462. The zero-order chi connectivity index (χ0) is 5.82. The lowest BCUT2D eigenvalue weighted by Gasteiger charge is -2.03. The molecule has 0 bridgehead atoms. The first-order valence-electron chi connectivity index (χ1n) is 2.69. The number of rotatable bonds is 0. The van der Waals surface area contributed by atoms with E-state index in [0.29, 0.717) is 0 Å². The van der Waals surface area contributed by atoms with Crippen LogP contribution in [0.2, 0.25) is 0 Å². The maximum Gasteiger partial charge on any atom is 0.187 e. The Labute approximate surface area is 48.9 Å². The van der Waals surface area contributed by atoms with Crippen LogP contribution >= 0.6 is 0 Å². The molecule has 8 heavy (non-hydrogen) atoms. The van der Waals surface area contributed by atoms with Gasteiger partial charge in [-0.15, -0.1) is 0 Å². The third-order valence-corrected chi connectivity index (χ3v) is 1.08. The molecule has 0 fully saturated rings. The van der Waals surface area contributed by atoms with E-state index in [0.717, 1.165) is 18.7 Å². The fourth-order valence-corrected chi connectivity index (χ4v) is 0.636. The molecule has 1 aliphatic heterocycles. The van der Waals surface area contributed by atoms with Crippen LogP contribution in [0.1, 0.15) is 12.8 Å². The van der Waals surface area contributed by atoms with Gasteiger partial charge in [-0.2, -0.15) is 0 Å². The van der Waals surface area contributed by atoms with E-state index < -0.39 is 0 Å². The molecular formula is C6H9NO. The average Bonchev–Trinajstić information content (AvgIpc) is 1.90. The molecule has 44 valence electrons. The van der Waals surface area contributed by atoms with Crippen molar-refractivity contribution in [3.05, 3.63) is 12.3 Å². The van der Waals surface area contributed by atoms with Gasteiger partial charge in [-0.3, -0.25) is 0 Å². The molecule has 0 aromatic carbocycles. The molecule has 0 atom stereocenters. The lowest BCUT2D eigenvalue weighted by atomic mass is 10.3. The Morgan fingerprint density at radius 2 is 2.62 bits per heavy atom. The maximum atomic E-state index is 4.89. The van der Waals surface area contributed by atoms with Crippen LogP contribution in [0.15, 0.2) is 17.3 Å². The molecule has 2 nitrogen and oxygen atoms in total. The van der Waals surface area contributed by atoms with Gasteiger partial charge in [0.1, 0.15) is 0 Å². The van der Waals surface area contributed by atoms with Crippen molar-refractivity contribution < 1.29 is 4.74 Å². The van der Waals surface area contributed by atoms with E-state index in [2.05, 4.69) is 4.99 Å². The van der Waals surface area contributed by atoms with Gasteiger partial charge in [0.15, 0.2) is 5.90 Å². The molecule has 0 radical (unpaired) electrons. The molecule has 0 N–H and O–H groups in total. The zero-order valence-electron chi connectivity index (χ0n) is 4.92. The molecule has 0 unspecified atom stereocenters. The third-order valence-electron chi connectivity index (χ3n) is 1.08. The topological polar surface area (TPSA) is 21.6 Å². The largest absolute Gasteiger partial charge is 0.484 e. The summed E-state index contributed by atoms with van der Waals surface area (Å²) in [5.41, 5.74) is 0. The highest BCUT2D eigenvalue weighted by Crippen LogP contribution is 2.01. The van der Waals surface area contributed by atoms with Crippen LogP contribution in [0, 0.1) is 0 Å². The summed E-state index contributed by atoms with van der Waals surface area (Å²) < 4.78 is 4.89. The molecule has 0 aliphatic carbocycles. The highest BCUT2D eigenvalue weighted by Gasteiger charge is 1.97.